The second-order valence-corrected chi connectivity index (χ2v) is 5.57. The molecule has 0 bridgehead atoms. The predicted octanol–water partition coefficient (Wildman–Crippen LogP) is 1.67. The van der Waals surface area contributed by atoms with Gasteiger partial charge in [0, 0.05) is 30.3 Å². The van der Waals surface area contributed by atoms with Gasteiger partial charge in [0.1, 0.15) is 11.5 Å². The first-order valence-electron chi connectivity index (χ1n) is 7.39. The molecule has 0 radical (unpaired) electrons. The Kier molecular flexibility index (Phi) is 4.20. The summed E-state index contributed by atoms with van der Waals surface area (Å²) in [4.78, 5) is 14.7. The van der Waals surface area contributed by atoms with Crippen molar-refractivity contribution < 1.29 is 14.3 Å². The van der Waals surface area contributed by atoms with Gasteiger partial charge in [-0.3, -0.25) is 9.89 Å². The topological polar surface area (TPSA) is 79.5 Å². The summed E-state index contributed by atoms with van der Waals surface area (Å²) in [5, 5.41) is 10.1. The lowest BCUT2D eigenvalue weighted by molar-refractivity contribution is 0.102. The van der Waals surface area contributed by atoms with E-state index in [2.05, 4.69) is 27.5 Å². The van der Waals surface area contributed by atoms with Crippen molar-refractivity contribution >= 4 is 11.7 Å². The van der Waals surface area contributed by atoms with Crippen LogP contribution in [0.2, 0.25) is 0 Å². The molecule has 7 heteroatoms. The van der Waals surface area contributed by atoms with Crippen LogP contribution in [-0.4, -0.2) is 48.8 Å². The number of fused-ring (bicyclic) bond motifs is 1. The van der Waals surface area contributed by atoms with E-state index in [9.17, 15) is 4.79 Å². The predicted molar refractivity (Wildman–Crippen MR) is 86.1 cm³/mol. The number of carbonyl (C=O) groups excluding carboxylic acids is 1. The molecule has 0 atom stereocenters. The molecule has 2 heterocycles. The standard InChI is InChI=1S/C16H20N4O3/c1-20-5-4-13-14(9-20)18-19-15(13)17-16(21)10-6-11(22-2)8-12(7-10)23-3/h6-8H,4-5,9H2,1-3H3,(H2,17,18,19,21). The summed E-state index contributed by atoms with van der Waals surface area (Å²) in [6, 6.07) is 5.07. The van der Waals surface area contributed by atoms with E-state index in [4.69, 9.17) is 9.47 Å². The number of benzene rings is 1. The third-order valence-corrected chi connectivity index (χ3v) is 3.97. The van der Waals surface area contributed by atoms with Crippen molar-refractivity contribution in [1.29, 1.82) is 0 Å². The normalized spacial score (nSPS) is 14.2. The van der Waals surface area contributed by atoms with Crippen molar-refractivity contribution in [3.63, 3.8) is 0 Å². The number of nitrogens with zero attached hydrogens (tertiary/aromatic N) is 2. The van der Waals surface area contributed by atoms with Crippen molar-refractivity contribution in [1.82, 2.24) is 15.1 Å². The maximum Gasteiger partial charge on any atom is 0.257 e. The lowest BCUT2D eigenvalue weighted by atomic mass is 10.1. The van der Waals surface area contributed by atoms with Gasteiger partial charge in [-0.25, -0.2) is 0 Å². The molecule has 1 aliphatic heterocycles. The van der Waals surface area contributed by atoms with Gasteiger partial charge in [-0.2, -0.15) is 5.10 Å². The summed E-state index contributed by atoms with van der Waals surface area (Å²) < 4.78 is 10.4. The monoisotopic (exact) mass is 316 g/mol. The number of rotatable bonds is 4. The van der Waals surface area contributed by atoms with Gasteiger partial charge in [-0.1, -0.05) is 0 Å². The maximum absolute atomic E-state index is 12.5. The molecular weight excluding hydrogens is 296 g/mol. The summed E-state index contributed by atoms with van der Waals surface area (Å²) in [6.07, 6.45) is 0.860. The van der Waals surface area contributed by atoms with E-state index < -0.39 is 0 Å². The van der Waals surface area contributed by atoms with Crippen LogP contribution in [0.3, 0.4) is 0 Å². The van der Waals surface area contributed by atoms with E-state index in [1.165, 1.54) is 0 Å². The van der Waals surface area contributed by atoms with Gasteiger partial charge >= 0.3 is 0 Å². The molecule has 2 aromatic rings. The van der Waals surface area contributed by atoms with Crippen LogP contribution in [0, 0.1) is 0 Å². The van der Waals surface area contributed by atoms with Crippen molar-refractivity contribution in [2.24, 2.45) is 0 Å². The Labute approximate surface area is 134 Å². The van der Waals surface area contributed by atoms with Gasteiger partial charge in [-0.15, -0.1) is 0 Å². The van der Waals surface area contributed by atoms with Crippen molar-refractivity contribution in [3.8, 4) is 11.5 Å². The largest absolute Gasteiger partial charge is 0.497 e. The van der Waals surface area contributed by atoms with Gasteiger partial charge < -0.3 is 19.7 Å². The quantitative estimate of drug-likeness (QED) is 0.897. The van der Waals surface area contributed by atoms with E-state index in [0.29, 0.717) is 22.9 Å². The molecule has 0 unspecified atom stereocenters. The Hall–Kier alpha value is -2.54. The van der Waals surface area contributed by atoms with Crippen LogP contribution in [0.15, 0.2) is 18.2 Å². The molecule has 3 rings (SSSR count). The van der Waals surface area contributed by atoms with Crippen LogP contribution in [0.25, 0.3) is 0 Å². The van der Waals surface area contributed by atoms with Gasteiger partial charge in [-0.05, 0) is 25.6 Å². The van der Waals surface area contributed by atoms with Crippen LogP contribution >= 0.6 is 0 Å². The third kappa shape index (κ3) is 3.14. The average molecular weight is 316 g/mol. The Morgan fingerprint density at radius 3 is 2.61 bits per heavy atom. The van der Waals surface area contributed by atoms with Gasteiger partial charge in [0.05, 0.1) is 19.9 Å². The van der Waals surface area contributed by atoms with Crippen LogP contribution in [0.4, 0.5) is 5.82 Å². The molecule has 0 fully saturated rings. The molecule has 23 heavy (non-hydrogen) atoms. The Morgan fingerprint density at radius 1 is 1.26 bits per heavy atom. The van der Waals surface area contributed by atoms with Crippen molar-refractivity contribution in [2.75, 3.05) is 33.1 Å². The lowest BCUT2D eigenvalue weighted by Gasteiger charge is -2.21. The van der Waals surface area contributed by atoms with Crippen LogP contribution in [0.5, 0.6) is 11.5 Å². The van der Waals surface area contributed by atoms with Crippen molar-refractivity contribution in [2.45, 2.75) is 13.0 Å². The van der Waals surface area contributed by atoms with Crippen molar-refractivity contribution in [3.05, 3.63) is 35.0 Å². The summed E-state index contributed by atoms with van der Waals surface area (Å²) in [6.45, 7) is 1.76. The molecule has 2 N–H and O–H groups in total. The van der Waals surface area contributed by atoms with Crippen LogP contribution in [-0.2, 0) is 13.0 Å². The number of H-pyrrole nitrogens is 1. The fourth-order valence-electron chi connectivity index (χ4n) is 2.67. The SMILES string of the molecule is COc1cc(OC)cc(C(=O)Nc2n[nH]c3c2CCN(C)C3)c1. The van der Waals surface area contributed by atoms with E-state index >= 15 is 0 Å². The van der Waals surface area contributed by atoms with Gasteiger partial charge in [0.15, 0.2) is 5.82 Å². The molecule has 1 aromatic heterocycles. The number of aromatic nitrogens is 2. The summed E-state index contributed by atoms with van der Waals surface area (Å²) in [5.74, 6) is 1.50. The summed E-state index contributed by atoms with van der Waals surface area (Å²) in [7, 11) is 5.17. The molecule has 7 nitrogen and oxygen atoms in total. The fourth-order valence-corrected chi connectivity index (χ4v) is 2.67. The molecule has 0 spiro atoms. The zero-order chi connectivity index (χ0) is 16.4. The number of ether oxygens (including phenoxy) is 2. The summed E-state index contributed by atoms with van der Waals surface area (Å²) in [5.41, 5.74) is 2.59. The van der Waals surface area contributed by atoms with E-state index in [-0.39, 0.29) is 5.91 Å². The number of hydrogen-bond acceptors (Lipinski definition) is 5. The minimum Gasteiger partial charge on any atom is -0.497 e. The highest BCUT2D eigenvalue weighted by molar-refractivity contribution is 6.04. The smallest absolute Gasteiger partial charge is 0.257 e. The molecule has 1 amide bonds. The minimum absolute atomic E-state index is 0.240. The fraction of sp³-hybridized carbons (Fsp3) is 0.375. The first kappa shape index (κ1) is 15.4. The molecular formula is C16H20N4O3. The number of carbonyl (C=O) groups is 1. The van der Waals surface area contributed by atoms with Gasteiger partial charge in [0.2, 0.25) is 0 Å². The van der Waals surface area contributed by atoms with E-state index in [0.717, 1.165) is 30.8 Å². The molecule has 122 valence electrons. The first-order chi connectivity index (χ1) is 11.1. The van der Waals surface area contributed by atoms with E-state index in [1.807, 2.05) is 0 Å². The molecule has 1 aliphatic rings. The molecule has 1 aromatic carbocycles. The maximum atomic E-state index is 12.5. The third-order valence-electron chi connectivity index (χ3n) is 3.97. The second kappa shape index (κ2) is 6.29. The van der Waals surface area contributed by atoms with Crippen LogP contribution in [0.1, 0.15) is 21.6 Å². The summed E-state index contributed by atoms with van der Waals surface area (Å²) >= 11 is 0. The first-order valence-corrected chi connectivity index (χ1v) is 7.39. The molecule has 0 saturated heterocycles. The molecule has 0 saturated carbocycles. The number of methoxy groups -OCH3 is 2. The Morgan fingerprint density at radius 2 is 1.96 bits per heavy atom. The highest BCUT2D eigenvalue weighted by atomic mass is 16.5. The number of amides is 1. The Balaban J connectivity index is 1.82. The minimum atomic E-state index is -0.240. The van der Waals surface area contributed by atoms with Crippen LogP contribution < -0.4 is 14.8 Å². The average Bonchev–Trinajstić information content (AvgIpc) is 2.96. The van der Waals surface area contributed by atoms with E-state index in [1.54, 1.807) is 32.4 Å². The van der Waals surface area contributed by atoms with Gasteiger partial charge in [0.25, 0.3) is 5.91 Å². The number of aromatic amines is 1. The number of nitrogens with one attached hydrogen (secondary N) is 2. The highest BCUT2D eigenvalue weighted by Crippen LogP contribution is 2.25. The number of likely N-dealkylation sites (N-methyl/N-ethyl adjacent to an activating group) is 1. The highest BCUT2D eigenvalue weighted by Gasteiger charge is 2.21. The second-order valence-electron chi connectivity index (χ2n) is 5.57. The number of anilines is 1. The zero-order valence-corrected chi connectivity index (χ0v) is 13.5. The number of hydrogen-bond donors (Lipinski definition) is 2. The zero-order valence-electron chi connectivity index (χ0n) is 13.5. The Bertz CT molecular complexity index is 704. The molecule has 0 aliphatic carbocycles. The lowest BCUT2D eigenvalue weighted by Crippen LogP contribution is -2.26.